The van der Waals surface area contributed by atoms with Gasteiger partial charge in [0.25, 0.3) is 0 Å². The minimum absolute atomic E-state index is 0.0302. The SMILES string of the molecule is O=C(O)c1cccn1CC(=O)N1CCCNCC1. The van der Waals surface area contributed by atoms with Gasteiger partial charge >= 0.3 is 5.97 Å². The maximum atomic E-state index is 12.1. The zero-order chi connectivity index (χ0) is 13.0. The molecule has 0 atom stereocenters. The van der Waals surface area contributed by atoms with Crippen molar-refractivity contribution < 1.29 is 14.7 Å². The van der Waals surface area contributed by atoms with Crippen molar-refractivity contribution in [3.8, 4) is 0 Å². The third-order valence-electron chi connectivity index (χ3n) is 3.05. The fourth-order valence-electron chi connectivity index (χ4n) is 2.09. The van der Waals surface area contributed by atoms with Gasteiger partial charge in [-0.1, -0.05) is 0 Å². The van der Waals surface area contributed by atoms with Gasteiger partial charge in [0.1, 0.15) is 12.2 Å². The van der Waals surface area contributed by atoms with Crippen molar-refractivity contribution in [2.45, 2.75) is 13.0 Å². The minimum Gasteiger partial charge on any atom is -0.477 e. The van der Waals surface area contributed by atoms with Crippen LogP contribution >= 0.6 is 0 Å². The Labute approximate surface area is 105 Å². The van der Waals surface area contributed by atoms with Gasteiger partial charge in [0, 0.05) is 25.8 Å². The first-order valence-electron chi connectivity index (χ1n) is 6.05. The van der Waals surface area contributed by atoms with Crippen LogP contribution in [0.15, 0.2) is 18.3 Å². The highest BCUT2D eigenvalue weighted by Crippen LogP contribution is 2.05. The van der Waals surface area contributed by atoms with E-state index < -0.39 is 5.97 Å². The highest BCUT2D eigenvalue weighted by atomic mass is 16.4. The minimum atomic E-state index is -1.01. The Balaban J connectivity index is 2.01. The number of aromatic carboxylic acids is 1. The zero-order valence-corrected chi connectivity index (χ0v) is 10.1. The molecular weight excluding hydrogens is 234 g/mol. The molecule has 2 N–H and O–H groups in total. The van der Waals surface area contributed by atoms with E-state index in [0.717, 1.165) is 26.1 Å². The second kappa shape index (κ2) is 5.68. The Hall–Kier alpha value is -1.82. The molecule has 0 aromatic carbocycles. The quantitative estimate of drug-likeness (QED) is 0.793. The van der Waals surface area contributed by atoms with E-state index in [-0.39, 0.29) is 18.1 Å². The third kappa shape index (κ3) is 2.89. The summed E-state index contributed by atoms with van der Waals surface area (Å²) < 4.78 is 1.48. The zero-order valence-electron chi connectivity index (χ0n) is 10.1. The summed E-state index contributed by atoms with van der Waals surface area (Å²) in [6, 6.07) is 3.14. The number of carbonyl (C=O) groups is 2. The van der Waals surface area contributed by atoms with E-state index in [4.69, 9.17) is 5.11 Å². The van der Waals surface area contributed by atoms with Gasteiger partial charge in [0.2, 0.25) is 5.91 Å². The summed E-state index contributed by atoms with van der Waals surface area (Å²) in [5.41, 5.74) is 0.149. The van der Waals surface area contributed by atoms with E-state index >= 15 is 0 Å². The molecule has 1 aliphatic heterocycles. The van der Waals surface area contributed by atoms with E-state index in [2.05, 4.69) is 5.32 Å². The fraction of sp³-hybridized carbons (Fsp3) is 0.500. The molecule has 6 heteroatoms. The molecule has 1 aromatic rings. The number of nitrogens with one attached hydrogen (secondary N) is 1. The van der Waals surface area contributed by atoms with Gasteiger partial charge in [-0.3, -0.25) is 4.79 Å². The molecule has 1 aromatic heterocycles. The summed E-state index contributed by atoms with van der Waals surface area (Å²) in [7, 11) is 0. The van der Waals surface area contributed by atoms with Gasteiger partial charge in [-0.25, -0.2) is 4.79 Å². The molecule has 18 heavy (non-hydrogen) atoms. The highest BCUT2D eigenvalue weighted by Gasteiger charge is 2.17. The Morgan fingerprint density at radius 3 is 2.94 bits per heavy atom. The molecule has 1 saturated heterocycles. The van der Waals surface area contributed by atoms with Crippen LogP contribution in [0.4, 0.5) is 0 Å². The van der Waals surface area contributed by atoms with Crippen LogP contribution in [0.3, 0.4) is 0 Å². The van der Waals surface area contributed by atoms with Gasteiger partial charge in [0.15, 0.2) is 0 Å². The van der Waals surface area contributed by atoms with Crippen molar-refractivity contribution >= 4 is 11.9 Å². The van der Waals surface area contributed by atoms with E-state index in [1.54, 1.807) is 17.2 Å². The predicted octanol–water partition coefficient (Wildman–Crippen LogP) is 0.00820. The second-order valence-corrected chi connectivity index (χ2v) is 4.31. The topological polar surface area (TPSA) is 74.6 Å². The molecule has 1 amide bonds. The summed E-state index contributed by atoms with van der Waals surface area (Å²) in [6.07, 6.45) is 2.56. The molecule has 1 aliphatic rings. The Kier molecular flexibility index (Phi) is 3.99. The molecule has 0 bridgehead atoms. The number of amides is 1. The standard InChI is InChI=1S/C12H17N3O3/c16-11(14-7-2-4-13-5-8-14)9-15-6-1-3-10(15)12(17)18/h1,3,6,13H,2,4-5,7-9H2,(H,17,18). The van der Waals surface area contributed by atoms with Crippen LogP contribution in [-0.2, 0) is 11.3 Å². The molecule has 0 unspecified atom stereocenters. The van der Waals surface area contributed by atoms with Gasteiger partial charge in [-0.05, 0) is 25.1 Å². The number of aromatic nitrogens is 1. The lowest BCUT2D eigenvalue weighted by atomic mass is 10.3. The Morgan fingerprint density at radius 2 is 2.17 bits per heavy atom. The smallest absolute Gasteiger partial charge is 0.352 e. The summed E-state index contributed by atoms with van der Waals surface area (Å²) in [5, 5.41) is 12.2. The molecule has 6 nitrogen and oxygen atoms in total. The van der Waals surface area contributed by atoms with Crippen LogP contribution in [0.2, 0.25) is 0 Å². The summed E-state index contributed by atoms with van der Waals surface area (Å²) in [4.78, 5) is 24.8. The number of carboxylic acids is 1. The van der Waals surface area contributed by atoms with Crippen molar-refractivity contribution in [1.82, 2.24) is 14.8 Å². The number of hydrogen-bond acceptors (Lipinski definition) is 3. The average Bonchev–Trinajstić information content (AvgIpc) is 2.63. The molecule has 0 aliphatic carbocycles. The first-order chi connectivity index (χ1) is 8.68. The molecular formula is C12H17N3O3. The van der Waals surface area contributed by atoms with Crippen molar-refractivity contribution in [2.24, 2.45) is 0 Å². The summed E-state index contributed by atoms with van der Waals surface area (Å²) >= 11 is 0. The average molecular weight is 251 g/mol. The predicted molar refractivity (Wildman–Crippen MR) is 65.5 cm³/mol. The molecule has 1 fully saturated rings. The van der Waals surface area contributed by atoms with Crippen LogP contribution < -0.4 is 5.32 Å². The third-order valence-corrected chi connectivity index (χ3v) is 3.05. The van der Waals surface area contributed by atoms with Crippen molar-refractivity contribution in [3.05, 3.63) is 24.0 Å². The Morgan fingerprint density at radius 1 is 1.33 bits per heavy atom. The molecule has 0 radical (unpaired) electrons. The van der Waals surface area contributed by atoms with Gasteiger partial charge in [-0.15, -0.1) is 0 Å². The largest absolute Gasteiger partial charge is 0.477 e. The summed E-state index contributed by atoms with van der Waals surface area (Å²) in [5.74, 6) is -1.04. The first kappa shape index (κ1) is 12.6. The number of rotatable bonds is 3. The first-order valence-corrected chi connectivity index (χ1v) is 6.05. The highest BCUT2D eigenvalue weighted by molar-refractivity contribution is 5.86. The van der Waals surface area contributed by atoms with Crippen LogP contribution in [0.25, 0.3) is 0 Å². The van der Waals surface area contributed by atoms with Gasteiger partial charge in [-0.2, -0.15) is 0 Å². The lowest BCUT2D eigenvalue weighted by Crippen LogP contribution is -2.36. The number of nitrogens with zero attached hydrogens (tertiary/aromatic N) is 2. The maximum Gasteiger partial charge on any atom is 0.352 e. The van der Waals surface area contributed by atoms with Crippen LogP contribution in [-0.4, -0.2) is 52.6 Å². The number of carboxylic acid groups (broad SMARTS) is 1. The lowest BCUT2D eigenvalue weighted by molar-refractivity contribution is -0.131. The monoisotopic (exact) mass is 251 g/mol. The fourth-order valence-corrected chi connectivity index (χ4v) is 2.09. The normalized spacial score (nSPS) is 16.3. The van der Waals surface area contributed by atoms with E-state index in [0.29, 0.717) is 6.54 Å². The van der Waals surface area contributed by atoms with E-state index in [1.165, 1.54) is 10.6 Å². The second-order valence-electron chi connectivity index (χ2n) is 4.31. The van der Waals surface area contributed by atoms with E-state index in [9.17, 15) is 9.59 Å². The summed E-state index contributed by atoms with van der Waals surface area (Å²) in [6.45, 7) is 3.23. The van der Waals surface area contributed by atoms with Crippen LogP contribution in [0.1, 0.15) is 16.9 Å². The molecule has 0 spiro atoms. The lowest BCUT2D eigenvalue weighted by Gasteiger charge is -2.20. The van der Waals surface area contributed by atoms with Crippen molar-refractivity contribution in [2.75, 3.05) is 26.2 Å². The number of carbonyl (C=O) groups excluding carboxylic acids is 1. The van der Waals surface area contributed by atoms with Gasteiger partial charge < -0.3 is 19.9 Å². The van der Waals surface area contributed by atoms with Gasteiger partial charge in [0.05, 0.1) is 0 Å². The molecule has 98 valence electrons. The van der Waals surface area contributed by atoms with Crippen molar-refractivity contribution in [1.29, 1.82) is 0 Å². The van der Waals surface area contributed by atoms with Crippen LogP contribution in [0.5, 0.6) is 0 Å². The maximum absolute atomic E-state index is 12.1. The molecule has 2 heterocycles. The Bertz CT molecular complexity index is 434. The molecule has 2 rings (SSSR count). The van der Waals surface area contributed by atoms with Crippen LogP contribution in [0, 0.1) is 0 Å². The molecule has 0 saturated carbocycles. The number of hydrogen-bond donors (Lipinski definition) is 2. The van der Waals surface area contributed by atoms with E-state index in [1.807, 2.05) is 0 Å². The van der Waals surface area contributed by atoms with Crippen molar-refractivity contribution in [3.63, 3.8) is 0 Å².